The predicted octanol–water partition coefficient (Wildman–Crippen LogP) is 4.94. The average molecular weight is 460 g/mol. The Labute approximate surface area is 200 Å². The minimum Gasteiger partial charge on any atom is -0.507 e. The van der Waals surface area contributed by atoms with Gasteiger partial charge in [0.15, 0.2) is 5.82 Å². The van der Waals surface area contributed by atoms with E-state index in [0.717, 1.165) is 11.2 Å². The second-order valence-corrected chi connectivity index (χ2v) is 10.9. The molecule has 0 aliphatic heterocycles. The molecule has 1 amide bonds. The number of fused-ring (bicyclic) bond motifs is 3. The number of pyridine rings is 1. The molecule has 1 aromatic carbocycles. The number of carbonyl (C=O) groups is 1. The van der Waals surface area contributed by atoms with Crippen molar-refractivity contribution in [2.45, 2.75) is 58.4 Å². The standard InChI is InChI=1S/C27H33N5O2/c1-26-10-5-11-27(2,16-26)15-18(14-26)32(4)24-9-8-20(30-31-24)19-12-17-6-7-21(25(34)28-3)29-22(17)13-23(19)33/h6-9,12-13,18,33H,5,10-11,14-16H2,1-4H3,(H,28,34)/t18-,26-,27+. The zero-order valence-electron chi connectivity index (χ0n) is 20.4. The van der Waals surface area contributed by atoms with Gasteiger partial charge in [-0.05, 0) is 67.2 Å². The molecule has 2 heterocycles. The molecule has 0 unspecified atom stereocenters. The first-order chi connectivity index (χ1) is 16.2. The molecule has 2 bridgehead atoms. The van der Waals surface area contributed by atoms with Crippen LogP contribution in [0.15, 0.2) is 36.4 Å². The summed E-state index contributed by atoms with van der Waals surface area (Å²) in [6.45, 7) is 4.91. The fraction of sp³-hybridized carbons (Fsp3) is 0.481. The molecule has 2 aliphatic carbocycles. The highest BCUT2D eigenvalue weighted by molar-refractivity contribution is 5.96. The topological polar surface area (TPSA) is 91.2 Å². The van der Waals surface area contributed by atoms with Crippen LogP contribution >= 0.6 is 0 Å². The number of rotatable bonds is 4. The number of amides is 1. The number of phenols is 1. The second kappa shape index (κ2) is 8.22. The van der Waals surface area contributed by atoms with E-state index in [1.165, 1.54) is 38.5 Å². The third-order valence-electron chi connectivity index (χ3n) is 7.97. The normalized spacial score (nSPS) is 26.3. The lowest BCUT2D eigenvalue weighted by atomic mass is 9.55. The minimum atomic E-state index is -0.263. The largest absolute Gasteiger partial charge is 0.507 e. The zero-order valence-corrected chi connectivity index (χ0v) is 20.4. The van der Waals surface area contributed by atoms with Crippen molar-refractivity contribution in [2.75, 3.05) is 19.0 Å². The summed E-state index contributed by atoms with van der Waals surface area (Å²) in [7, 11) is 3.69. The first-order valence-electron chi connectivity index (χ1n) is 12.1. The lowest BCUT2D eigenvalue weighted by Gasteiger charge is -2.54. The van der Waals surface area contributed by atoms with Gasteiger partial charge in [0.2, 0.25) is 0 Å². The number of nitrogens with zero attached hydrogens (tertiary/aromatic N) is 4. The zero-order chi connectivity index (χ0) is 24.1. The molecule has 0 spiro atoms. The number of phenolic OH excluding ortho intramolecular Hbond substituents is 1. The third kappa shape index (κ3) is 4.08. The number of benzene rings is 1. The quantitative estimate of drug-likeness (QED) is 0.574. The second-order valence-electron chi connectivity index (χ2n) is 10.9. The SMILES string of the molecule is CNC(=O)c1ccc2cc(-c3ccc(N(C)[C@H]4C[C@]5(C)CCC[C@](C)(C4)C5)nn3)c(O)cc2n1. The Balaban J connectivity index is 1.39. The molecule has 2 aromatic heterocycles. The number of hydrogen-bond donors (Lipinski definition) is 2. The Morgan fingerprint density at radius 2 is 1.82 bits per heavy atom. The summed E-state index contributed by atoms with van der Waals surface area (Å²) in [5.41, 5.74) is 2.89. The summed E-state index contributed by atoms with van der Waals surface area (Å²) in [4.78, 5) is 18.5. The van der Waals surface area contributed by atoms with Crippen LogP contribution < -0.4 is 10.2 Å². The van der Waals surface area contributed by atoms with Crippen LogP contribution in [0.5, 0.6) is 5.75 Å². The fourth-order valence-corrected chi connectivity index (χ4v) is 6.45. The monoisotopic (exact) mass is 459 g/mol. The van der Waals surface area contributed by atoms with Crippen LogP contribution in [0.4, 0.5) is 5.82 Å². The first kappa shape index (κ1) is 22.6. The van der Waals surface area contributed by atoms with Gasteiger partial charge in [0.05, 0.1) is 11.2 Å². The maximum Gasteiger partial charge on any atom is 0.269 e. The van der Waals surface area contributed by atoms with E-state index in [-0.39, 0.29) is 11.7 Å². The van der Waals surface area contributed by atoms with Crippen molar-refractivity contribution >= 4 is 22.6 Å². The van der Waals surface area contributed by atoms with Gasteiger partial charge in [-0.1, -0.05) is 26.3 Å². The summed E-state index contributed by atoms with van der Waals surface area (Å²) in [6.07, 6.45) is 7.69. The fourth-order valence-electron chi connectivity index (χ4n) is 6.45. The van der Waals surface area contributed by atoms with Gasteiger partial charge in [-0.2, -0.15) is 0 Å². The first-order valence-corrected chi connectivity index (χ1v) is 12.1. The number of nitrogens with one attached hydrogen (secondary N) is 1. The van der Waals surface area contributed by atoms with Crippen molar-refractivity contribution in [3.63, 3.8) is 0 Å². The highest BCUT2D eigenvalue weighted by atomic mass is 16.3. The van der Waals surface area contributed by atoms with Crippen molar-refractivity contribution in [1.82, 2.24) is 20.5 Å². The van der Waals surface area contributed by atoms with Crippen LogP contribution in [-0.2, 0) is 0 Å². The number of carbonyl (C=O) groups excluding carboxylic acids is 1. The highest BCUT2D eigenvalue weighted by Gasteiger charge is 2.47. The molecule has 2 N–H and O–H groups in total. The molecule has 5 rings (SSSR count). The van der Waals surface area contributed by atoms with Gasteiger partial charge in [-0.3, -0.25) is 4.79 Å². The van der Waals surface area contributed by atoms with E-state index in [9.17, 15) is 9.90 Å². The summed E-state index contributed by atoms with van der Waals surface area (Å²) in [6, 6.07) is 11.3. The molecule has 7 nitrogen and oxygen atoms in total. The molecule has 3 atom stereocenters. The van der Waals surface area contributed by atoms with Crippen molar-refractivity contribution in [3.05, 3.63) is 42.1 Å². The van der Waals surface area contributed by atoms with E-state index in [1.807, 2.05) is 24.3 Å². The Bertz CT molecular complexity index is 1230. The van der Waals surface area contributed by atoms with E-state index in [4.69, 9.17) is 0 Å². The van der Waals surface area contributed by atoms with E-state index in [1.54, 1.807) is 19.2 Å². The molecule has 178 valence electrons. The van der Waals surface area contributed by atoms with Crippen molar-refractivity contribution in [3.8, 4) is 17.0 Å². The number of anilines is 1. The highest BCUT2D eigenvalue weighted by Crippen LogP contribution is 2.56. The number of hydrogen-bond acceptors (Lipinski definition) is 6. The molecule has 3 aromatic rings. The Kier molecular flexibility index (Phi) is 5.46. The van der Waals surface area contributed by atoms with Gasteiger partial charge in [0, 0.05) is 37.2 Å². The number of aromatic hydroxyl groups is 1. The summed E-state index contributed by atoms with van der Waals surface area (Å²) >= 11 is 0. The van der Waals surface area contributed by atoms with Crippen LogP contribution in [0.1, 0.15) is 62.9 Å². The smallest absolute Gasteiger partial charge is 0.269 e. The third-order valence-corrected chi connectivity index (χ3v) is 7.97. The predicted molar refractivity (Wildman–Crippen MR) is 134 cm³/mol. The molecular formula is C27H33N5O2. The van der Waals surface area contributed by atoms with Crippen molar-refractivity contribution < 1.29 is 9.90 Å². The Morgan fingerprint density at radius 3 is 2.47 bits per heavy atom. The maximum atomic E-state index is 11.9. The molecule has 0 radical (unpaired) electrons. The van der Waals surface area contributed by atoms with Crippen molar-refractivity contribution in [2.24, 2.45) is 10.8 Å². The van der Waals surface area contributed by atoms with Crippen LogP contribution in [0, 0.1) is 10.8 Å². The van der Waals surface area contributed by atoms with Crippen LogP contribution in [0.3, 0.4) is 0 Å². The van der Waals surface area contributed by atoms with Crippen LogP contribution in [-0.4, -0.2) is 46.3 Å². The summed E-state index contributed by atoms with van der Waals surface area (Å²) in [5, 5.41) is 23.0. The van der Waals surface area contributed by atoms with E-state index in [2.05, 4.69) is 46.3 Å². The summed E-state index contributed by atoms with van der Waals surface area (Å²) in [5.74, 6) is 0.657. The Morgan fingerprint density at radius 1 is 1.09 bits per heavy atom. The molecule has 7 heteroatoms. The van der Waals surface area contributed by atoms with Crippen molar-refractivity contribution in [1.29, 1.82) is 0 Å². The molecule has 2 saturated carbocycles. The molecule has 34 heavy (non-hydrogen) atoms. The lowest BCUT2D eigenvalue weighted by molar-refractivity contribution is 0.0141. The number of aromatic nitrogens is 3. The minimum absolute atomic E-state index is 0.0606. The maximum absolute atomic E-state index is 11.9. The van der Waals surface area contributed by atoms with Gasteiger partial charge in [0.1, 0.15) is 11.4 Å². The van der Waals surface area contributed by atoms with Gasteiger partial charge in [0.25, 0.3) is 5.91 Å². The molecule has 2 aliphatic rings. The molecule has 2 fully saturated rings. The van der Waals surface area contributed by atoms with Gasteiger partial charge >= 0.3 is 0 Å². The Hall–Kier alpha value is -3.22. The lowest BCUT2D eigenvalue weighted by Crippen LogP contribution is -2.49. The molecular weight excluding hydrogens is 426 g/mol. The average Bonchev–Trinajstić information content (AvgIpc) is 2.81. The van der Waals surface area contributed by atoms with Crippen LogP contribution in [0.2, 0.25) is 0 Å². The van der Waals surface area contributed by atoms with Gasteiger partial charge in [-0.15, -0.1) is 10.2 Å². The molecule has 0 saturated heterocycles. The van der Waals surface area contributed by atoms with Crippen LogP contribution in [0.25, 0.3) is 22.2 Å². The van der Waals surface area contributed by atoms with Gasteiger partial charge in [-0.25, -0.2) is 4.98 Å². The summed E-state index contributed by atoms with van der Waals surface area (Å²) < 4.78 is 0. The van der Waals surface area contributed by atoms with Gasteiger partial charge < -0.3 is 15.3 Å². The van der Waals surface area contributed by atoms with E-state index < -0.39 is 0 Å². The van der Waals surface area contributed by atoms with E-state index in [0.29, 0.717) is 39.3 Å². The van der Waals surface area contributed by atoms with E-state index >= 15 is 0 Å².